The van der Waals surface area contributed by atoms with Gasteiger partial charge < -0.3 is 10.2 Å². The molecule has 1 aliphatic heterocycles. The number of likely N-dealkylation sites (tertiary alicyclic amines) is 1. The first kappa shape index (κ1) is 20.6. The van der Waals surface area contributed by atoms with Crippen LogP contribution in [-0.4, -0.2) is 37.5 Å². The summed E-state index contributed by atoms with van der Waals surface area (Å²) >= 11 is 12.1. The Labute approximate surface area is 155 Å². The van der Waals surface area contributed by atoms with Crippen molar-refractivity contribution in [1.82, 2.24) is 10.2 Å². The third kappa shape index (κ3) is 5.82. The Morgan fingerprint density at radius 1 is 1.43 bits per heavy atom. The van der Waals surface area contributed by atoms with Crippen molar-refractivity contribution >= 4 is 41.5 Å². The number of benzene rings is 1. The largest absolute Gasteiger partial charge is 0.342 e. The highest BCUT2D eigenvalue weighted by molar-refractivity contribution is 6.35. The lowest BCUT2D eigenvalue weighted by Gasteiger charge is -2.34. The molecule has 1 aromatic carbocycles. The first-order chi connectivity index (χ1) is 10.5. The molecule has 2 rings (SSSR count). The van der Waals surface area contributed by atoms with E-state index >= 15 is 0 Å². The molecule has 1 aromatic rings. The summed E-state index contributed by atoms with van der Waals surface area (Å²) in [6.07, 6.45) is 2.94. The Morgan fingerprint density at radius 2 is 2.17 bits per heavy atom. The zero-order chi connectivity index (χ0) is 16.1. The van der Waals surface area contributed by atoms with Gasteiger partial charge in [0.25, 0.3) is 0 Å². The Morgan fingerprint density at radius 3 is 2.83 bits per heavy atom. The maximum atomic E-state index is 12.7. The van der Waals surface area contributed by atoms with Crippen molar-refractivity contribution in [2.45, 2.75) is 26.2 Å². The predicted octanol–water partition coefficient (Wildman–Crippen LogP) is 4.05. The first-order valence-electron chi connectivity index (χ1n) is 7.88. The van der Waals surface area contributed by atoms with Gasteiger partial charge in [-0.15, -0.1) is 12.4 Å². The Hall–Kier alpha value is -0.480. The summed E-state index contributed by atoms with van der Waals surface area (Å²) in [5.74, 6) is 0.729. The summed E-state index contributed by atoms with van der Waals surface area (Å²) < 4.78 is 0. The number of amides is 1. The standard InChI is InChI=1S/C17H24Cl2N2O.ClH/c1-12(8-14-5-6-15(18)9-16(14)19)17(22)21-7-3-4-13(11-21)10-20-2;/h5-6,9,12-13,20H,3-4,7-8,10-11H2,1-2H3;1H. The van der Waals surface area contributed by atoms with Crippen LogP contribution < -0.4 is 5.32 Å². The monoisotopic (exact) mass is 378 g/mol. The normalized spacial score (nSPS) is 19.1. The molecule has 6 heteroatoms. The summed E-state index contributed by atoms with van der Waals surface area (Å²) in [6, 6.07) is 5.47. The lowest BCUT2D eigenvalue weighted by molar-refractivity contribution is -0.136. The smallest absolute Gasteiger partial charge is 0.225 e. The molecule has 2 atom stereocenters. The minimum atomic E-state index is -0.0630. The summed E-state index contributed by atoms with van der Waals surface area (Å²) in [5, 5.41) is 4.47. The first-order valence-corrected chi connectivity index (χ1v) is 8.64. The average Bonchev–Trinajstić information content (AvgIpc) is 2.50. The van der Waals surface area contributed by atoms with E-state index in [0.717, 1.165) is 31.6 Å². The van der Waals surface area contributed by atoms with Gasteiger partial charge in [0.1, 0.15) is 0 Å². The van der Waals surface area contributed by atoms with Gasteiger partial charge in [0.2, 0.25) is 5.91 Å². The highest BCUT2D eigenvalue weighted by Gasteiger charge is 2.26. The van der Waals surface area contributed by atoms with Gasteiger partial charge >= 0.3 is 0 Å². The molecule has 0 saturated carbocycles. The van der Waals surface area contributed by atoms with Crippen molar-refractivity contribution in [1.29, 1.82) is 0 Å². The van der Waals surface area contributed by atoms with Gasteiger partial charge in [-0.25, -0.2) is 0 Å². The van der Waals surface area contributed by atoms with E-state index in [-0.39, 0.29) is 24.2 Å². The molecule has 1 heterocycles. The average molecular weight is 380 g/mol. The molecule has 3 nitrogen and oxygen atoms in total. The van der Waals surface area contributed by atoms with Crippen molar-refractivity contribution in [2.24, 2.45) is 11.8 Å². The number of piperidine rings is 1. The zero-order valence-corrected chi connectivity index (χ0v) is 16.0. The third-order valence-electron chi connectivity index (χ3n) is 4.29. The second kappa shape index (κ2) is 9.73. The predicted molar refractivity (Wildman–Crippen MR) is 99.8 cm³/mol. The number of hydrogen-bond donors (Lipinski definition) is 1. The molecular weight excluding hydrogens is 355 g/mol. The maximum absolute atomic E-state index is 12.7. The van der Waals surface area contributed by atoms with Crippen LogP contribution in [0.25, 0.3) is 0 Å². The highest BCUT2D eigenvalue weighted by Crippen LogP contribution is 2.25. The van der Waals surface area contributed by atoms with E-state index in [1.165, 1.54) is 6.42 Å². The van der Waals surface area contributed by atoms with E-state index in [1.54, 1.807) is 6.07 Å². The molecule has 0 aliphatic carbocycles. The number of carbonyl (C=O) groups excluding carboxylic acids is 1. The second-order valence-electron chi connectivity index (χ2n) is 6.19. The lowest BCUT2D eigenvalue weighted by atomic mass is 9.94. The molecular formula is C17H25Cl3N2O. The summed E-state index contributed by atoms with van der Waals surface area (Å²) in [4.78, 5) is 14.7. The Kier molecular flexibility index (Phi) is 8.70. The fraction of sp³-hybridized carbons (Fsp3) is 0.588. The minimum Gasteiger partial charge on any atom is -0.342 e. The maximum Gasteiger partial charge on any atom is 0.225 e. The summed E-state index contributed by atoms with van der Waals surface area (Å²) in [5.41, 5.74) is 0.982. The second-order valence-corrected chi connectivity index (χ2v) is 7.03. The Bertz CT molecular complexity index is 523. The van der Waals surface area contributed by atoms with Crippen molar-refractivity contribution in [2.75, 3.05) is 26.7 Å². The molecule has 0 spiro atoms. The molecule has 1 N–H and O–H groups in total. The van der Waals surface area contributed by atoms with Crippen LogP contribution in [0, 0.1) is 11.8 Å². The topological polar surface area (TPSA) is 32.3 Å². The number of rotatable bonds is 5. The zero-order valence-electron chi connectivity index (χ0n) is 13.6. The van der Waals surface area contributed by atoms with Crippen molar-refractivity contribution in [3.63, 3.8) is 0 Å². The van der Waals surface area contributed by atoms with Crippen LogP contribution in [0.1, 0.15) is 25.3 Å². The van der Waals surface area contributed by atoms with Crippen LogP contribution in [0.15, 0.2) is 18.2 Å². The fourth-order valence-electron chi connectivity index (χ4n) is 3.14. The molecule has 1 aliphatic rings. The van der Waals surface area contributed by atoms with E-state index in [1.807, 2.05) is 31.0 Å². The molecule has 1 amide bonds. The summed E-state index contributed by atoms with van der Waals surface area (Å²) in [7, 11) is 1.96. The van der Waals surface area contributed by atoms with Gasteiger partial charge in [-0.2, -0.15) is 0 Å². The SMILES string of the molecule is CNCC1CCCN(C(=O)C(C)Cc2ccc(Cl)cc2Cl)C1.Cl. The van der Waals surface area contributed by atoms with Crippen molar-refractivity contribution in [3.05, 3.63) is 33.8 Å². The van der Waals surface area contributed by atoms with Gasteiger partial charge in [0, 0.05) is 29.1 Å². The van der Waals surface area contributed by atoms with Crippen LogP contribution in [0.3, 0.4) is 0 Å². The van der Waals surface area contributed by atoms with Gasteiger partial charge in [-0.1, -0.05) is 36.2 Å². The summed E-state index contributed by atoms with van der Waals surface area (Å²) in [6.45, 7) is 4.69. The minimum absolute atomic E-state index is 0. The molecule has 1 saturated heterocycles. The molecule has 1 fully saturated rings. The number of nitrogens with one attached hydrogen (secondary N) is 1. The fourth-order valence-corrected chi connectivity index (χ4v) is 3.62. The van der Waals surface area contributed by atoms with E-state index in [4.69, 9.17) is 23.2 Å². The molecule has 130 valence electrons. The van der Waals surface area contributed by atoms with Gasteiger partial charge in [0.15, 0.2) is 0 Å². The molecule has 0 aromatic heterocycles. The molecule has 23 heavy (non-hydrogen) atoms. The number of hydrogen-bond acceptors (Lipinski definition) is 2. The van der Waals surface area contributed by atoms with Crippen LogP contribution in [0.4, 0.5) is 0 Å². The number of carbonyl (C=O) groups is 1. The van der Waals surface area contributed by atoms with Gasteiger partial charge in [-0.05, 0) is 56.5 Å². The number of halogens is 3. The van der Waals surface area contributed by atoms with E-state index in [0.29, 0.717) is 22.4 Å². The van der Waals surface area contributed by atoms with E-state index < -0.39 is 0 Å². The Balaban J connectivity index is 0.00000264. The number of nitrogens with zero attached hydrogens (tertiary/aromatic N) is 1. The quantitative estimate of drug-likeness (QED) is 0.837. The van der Waals surface area contributed by atoms with Crippen LogP contribution >= 0.6 is 35.6 Å². The molecule has 0 bridgehead atoms. The van der Waals surface area contributed by atoms with Crippen LogP contribution in [0.5, 0.6) is 0 Å². The van der Waals surface area contributed by atoms with E-state index in [9.17, 15) is 4.79 Å². The van der Waals surface area contributed by atoms with Crippen molar-refractivity contribution < 1.29 is 4.79 Å². The van der Waals surface area contributed by atoms with E-state index in [2.05, 4.69) is 5.32 Å². The highest BCUT2D eigenvalue weighted by atomic mass is 35.5. The van der Waals surface area contributed by atoms with Crippen LogP contribution in [-0.2, 0) is 11.2 Å². The van der Waals surface area contributed by atoms with Gasteiger partial charge in [-0.3, -0.25) is 4.79 Å². The molecule has 0 radical (unpaired) electrons. The van der Waals surface area contributed by atoms with Crippen molar-refractivity contribution in [3.8, 4) is 0 Å². The van der Waals surface area contributed by atoms with Crippen LogP contribution in [0.2, 0.25) is 10.0 Å². The third-order valence-corrected chi connectivity index (χ3v) is 4.87. The lowest BCUT2D eigenvalue weighted by Crippen LogP contribution is -2.44. The molecule has 2 unspecified atom stereocenters. The van der Waals surface area contributed by atoms with Gasteiger partial charge in [0.05, 0.1) is 0 Å².